The number of rotatable bonds is 4. The molecule has 2 heterocycles. The zero-order valence-corrected chi connectivity index (χ0v) is 8.77. The van der Waals surface area contributed by atoms with E-state index < -0.39 is 0 Å². The van der Waals surface area contributed by atoms with Gasteiger partial charge in [0.1, 0.15) is 5.82 Å². The molecule has 7 heteroatoms. The van der Waals surface area contributed by atoms with Crippen molar-refractivity contribution in [3.63, 3.8) is 0 Å². The molecular weight excluding hydrogens is 208 g/mol. The number of hydrazine groups is 1. The number of anilines is 2. The van der Waals surface area contributed by atoms with Crippen molar-refractivity contribution in [2.45, 2.75) is 13.5 Å². The van der Waals surface area contributed by atoms with Crippen molar-refractivity contribution in [2.75, 3.05) is 10.7 Å². The molecule has 0 fully saturated rings. The molecule has 0 aliphatic carbocycles. The fourth-order valence-corrected chi connectivity index (χ4v) is 1.23. The summed E-state index contributed by atoms with van der Waals surface area (Å²) in [7, 11) is 0. The molecule has 0 saturated heterocycles. The van der Waals surface area contributed by atoms with E-state index in [1.165, 1.54) is 0 Å². The van der Waals surface area contributed by atoms with Crippen LogP contribution < -0.4 is 16.6 Å². The van der Waals surface area contributed by atoms with Gasteiger partial charge in [-0.1, -0.05) is 5.16 Å². The Balaban J connectivity index is 2.06. The van der Waals surface area contributed by atoms with E-state index in [4.69, 9.17) is 10.4 Å². The molecule has 0 spiro atoms. The highest BCUT2D eigenvalue weighted by atomic mass is 16.5. The van der Waals surface area contributed by atoms with Crippen molar-refractivity contribution in [3.8, 4) is 0 Å². The van der Waals surface area contributed by atoms with Gasteiger partial charge in [0.2, 0.25) is 5.95 Å². The SMILES string of the molecule is Cc1cc(NCc2ccno2)nc(NN)n1. The van der Waals surface area contributed by atoms with E-state index in [2.05, 4.69) is 25.9 Å². The lowest BCUT2D eigenvalue weighted by atomic mass is 10.4. The molecule has 7 nitrogen and oxygen atoms in total. The maximum absolute atomic E-state index is 5.25. The molecule has 4 N–H and O–H groups in total. The number of nitrogen functional groups attached to an aromatic ring is 1. The third-order valence-corrected chi connectivity index (χ3v) is 1.92. The van der Waals surface area contributed by atoms with Crippen LogP contribution in [0.15, 0.2) is 22.9 Å². The summed E-state index contributed by atoms with van der Waals surface area (Å²) in [5, 5.41) is 6.69. The molecule has 0 bridgehead atoms. The van der Waals surface area contributed by atoms with Gasteiger partial charge in [-0.3, -0.25) is 5.43 Å². The van der Waals surface area contributed by atoms with Crippen LogP contribution in [0, 0.1) is 6.92 Å². The van der Waals surface area contributed by atoms with Crippen LogP contribution in [0.25, 0.3) is 0 Å². The summed E-state index contributed by atoms with van der Waals surface area (Å²) < 4.78 is 4.95. The second kappa shape index (κ2) is 4.58. The number of nitrogens with two attached hydrogens (primary N) is 1. The quantitative estimate of drug-likeness (QED) is 0.514. The highest BCUT2D eigenvalue weighted by Gasteiger charge is 2.02. The van der Waals surface area contributed by atoms with Crippen molar-refractivity contribution in [2.24, 2.45) is 5.84 Å². The van der Waals surface area contributed by atoms with Gasteiger partial charge >= 0.3 is 0 Å². The fraction of sp³-hybridized carbons (Fsp3) is 0.222. The van der Waals surface area contributed by atoms with Crippen LogP contribution in [0.1, 0.15) is 11.5 Å². The van der Waals surface area contributed by atoms with Gasteiger partial charge in [-0.15, -0.1) is 0 Å². The van der Waals surface area contributed by atoms with Gasteiger partial charge in [-0.05, 0) is 6.92 Å². The number of nitrogens with zero attached hydrogens (tertiary/aromatic N) is 3. The standard InChI is InChI=1S/C9H12N6O/c1-6-4-8(14-9(13-6)15-10)11-5-7-2-3-12-16-7/h2-4H,5,10H2,1H3,(H2,11,13,14,15). The Labute approximate surface area is 92.0 Å². The van der Waals surface area contributed by atoms with Crippen LogP contribution >= 0.6 is 0 Å². The van der Waals surface area contributed by atoms with Crippen LogP contribution in [0.3, 0.4) is 0 Å². The van der Waals surface area contributed by atoms with Crippen LogP contribution in [-0.4, -0.2) is 15.1 Å². The lowest BCUT2D eigenvalue weighted by Crippen LogP contribution is -2.12. The van der Waals surface area contributed by atoms with Gasteiger partial charge in [0.05, 0.1) is 12.7 Å². The molecule has 0 atom stereocenters. The van der Waals surface area contributed by atoms with Gasteiger partial charge in [0, 0.05) is 17.8 Å². The third-order valence-electron chi connectivity index (χ3n) is 1.92. The predicted molar refractivity (Wildman–Crippen MR) is 58.4 cm³/mol. The van der Waals surface area contributed by atoms with E-state index in [1.807, 2.05) is 13.0 Å². The summed E-state index contributed by atoms with van der Waals surface area (Å²) in [6.45, 7) is 2.38. The van der Waals surface area contributed by atoms with Gasteiger partial charge in [-0.25, -0.2) is 10.8 Å². The topological polar surface area (TPSA) is 102 Å². The van der Waals surface area contributed by atoms with Crippen LogP contribution in [-0.2, 0) is 6.54 Å². The van der Waals surface area contributed by atoms with Crippen molar-refractivity contribution in [1.29, 1.82) is 0 Å². The highest BCUT2D eigenvalue weighted by Crippen LogP contribution is 2.10. The largest absolute Gasteiger partial charge is 0.363 e. The first kappa shape index (κ1) is 10.4. The maximum Gasteiger partial charge on any atom is 0.239 e. The lowest BCUT2D eigenvalue weighted by Gasteiger charge is -2.06. The summed E-state index contributed by atoms with van der Waals surface area (Å²) in [6, 6.07) is 3.60. The summed E-state index contributed by atoms with van der Waals surface area (Å²) >= 11 is 0. The minimum atomic E-state index is 0.375. The van der Waals surface area contributed by atoms with Crippen molar-refractivity contribution in [3.05, 3.63) is 29.8 Å². The smallest absolute Gasteiger partial charge is 0.239 e. The Bertz CT molecular complexity index is 455. The monoisotopic (exact) mass is 220 g/mol. The molecule has 2 aromatic heterocycles. The number of hydrogen-bond acceptors (Lipinski definition) is 7. The average Bonchev–Trinajstić information content (AvgIpc) is 2.78. The Morgan fingerprint density at radius 1 is 1.44 bits per heavy atom. The zero-order chi connectivity index (χ0) is 11.4. The molecular formula is C9H12N6O. The molecule has 2 aromatic rings. The van der Waals surface area contributed by atoms with E-state index in [1.54, 1.807) is 12.3 Å². The van der Waals surface area contributed by atoms with E-state index in [9.17, 15) is 0 Å². The first-order valence-electron chi connectivity index (χ1n) is 4.73. The normalized spacial score (nSPS) is 10.1. The molecule has 0 saturated carbocycles. The van der Waals surface area contributed by atoms with Gasteiger partial charge in [-0.2, -0.15) is 4.98 Å². The van der Waals surface area contributed by atoms with Crippen molar-refractivity contribution in [1.82, 2.24) is 15.1 Å². The molecule has 2 rings (SSSR count). The third kappa shape index (κ3) is 2.45. The Hall–Kier alpha value is -2.15. The number of hydrogen-bond donors (Lipinski definition) is 3. The van der Waals surface area contributed by atoms with Crippen molar-refractivity contribution >= 4 is 11.8 Å². The maximum atomic E-state index is 5.25. The Kier molecular flexibility index (Phi) is 2.97. The van der Waals surface area contributed by atoms with Gasteiger partial charge in [0.15, 0.2) is 5.76 Å². The number of aryl methyl sites for hydroxylation is 1. The molecule has 0 radical (unpaired) electrons. The summed E-state index contributed by atoms with van der Waals surface area (Å²) in [4.78, 5) is 8.21. The fourth-order valence-electron chi connectivity index (χ4n) is 1.23. The van der Waals surface area contributed by atoms with Crippen molar-refractivity contribution < 1.29 is 4.52 Å². The minimum Gasteiger partial charge on any atom is -0.363 e. The van der Waals surface area contributed by atoms with Gasteiger partial charge < -0.3 is 9.84 Å². The molecule has 0 aliphatic heterocycles. The van der Waals surface area contributed by atoms with E-state index in [-0.39, 0.29) is 0 Å². The van der Waals surface area contributed by atoms with Crippen LogP contribution in [0.2, 0.25) is 0 Å². The van der Waals surface area contributed by atoms with Crippen LogP contribution in [0.4, 0.5) is 11.8 Å². The molecule has 0 aromatic carbocycles. The van der Waals surface area contributed by atoms with E-state index in [0.717, 1.165) is 11.5 Å². The second-order valence-corrected chi connectivity index (χ2v) is 3.19. The van der Waals surface area contributed by atoms with E-state index in [0.29, 0.717) is 18.3 Å². The Morgan fingerprint density at radius 3 is 3.00 bits per heavy atom. The first-order valence-corrected chi connectivity index (χ1v) is 4.73. The zero-order valence-electron chi connectivity index (χ0n) is 8.77. The summed E-state index contributed by atoms with van der Waals surface area (Å²) in [5.74, 6) is 7.03. The lowest BCUT2D eigenvalue weighted by molar-refractivity contribution is 0.388. The molecule has 0 unspecified atom stereocenters. The number of nitrogens with one attached hydrogen (secondary N) is 2. The minimum absolute atomic E-state index is 0.375. The number of aromatic nitrogens is 3. The van der Waals surface area contributed by atoms with Gasteiger partial charge in [0.25, 0.3) is 0 Å². The molecule has 84 valence electrons. The Morgan fingerprint density at radius 2 is 2.31 bits per heavy atom. The molecule has 0 amide bonds. The first-order chi connectivity index (χ1) is 7.78. The van der Waals surface area contributed by atoms with Crippen LogP contribution in [0.5, 0.6) is 0 Å². The summed E-state index contributed by atoms with van der Waals surface area (Å²) in [5.41, 5.74) is 3.23. The average molecular weight is 220 g/mol. The predicted octanol–water partition coefficient (Wildman–Crippen LogP) is 0.671. The highest BCUT2D eigenvalue weighted by molar-refractivity contribution is 5.41. The molecule has 16 heavy (non-hydrogen) atoms. The van der Waals surface area contributed by atoms with E-state index >= 15 is 0 Å². The second-order valence-electron chi connectivity index (χ2n) is 3.19. The summed E-state index contributed by atoms with van der Waals surface area (Å²) in [6.07, 6.45) is 1.59. The molecule has 0 aliphatic rings.